The predicted octanol–water partition coefficient (Wildman–Crippen LogP) is 5.24. The van der Waals surface area contributed by atoms with E-state index >= 15 is 0 Å². The summed E-state index contributed by atoms with van der Waals surface area (Å²) in [5, 5.41) is 3.98. The average Bonchev–Trinajstić information content (AvgIpc) is 2.70. The van der Waals surface area contributed by atoms with E-state index in [1.54, 1.807) is 10.6 Å². The van der Waals surface area contributed by atoms with E-state index in [-0.39, 0.29) is 11.5 Å². The molecule has 1 N–H and O–H groups in total. The zero-order chi connectivity index (χ0) is 20.1. The molecular weight excluding hydrogens is 348 g/mol. The van der Waals surface area contributed by atoms with Crippen molar-refractivity contribution < 1.29 is 4.79 Å². The molecule has 0 aliphatic carbocycles. The van der Waals surface area contributed by atoms with Crippen molar-refractivity contribution in [3.8, 4) is 0 Å². The molecule has 4 nitrogen and oxygen atoms in total. The van der Waals surface area contributed by atoms with Crippen LogP contribution in [0.3, 0.4) is 0 Å². The Hall–Kier alpha value is -2.88. The number of pyridine rings is 1. The van der Waals surface area contributed by atoms with Crippen molar-refractivity contribution in [2.24, 2.45) is 0 Å². The monoisotopic (exact) mass is 376 g/mol. The third-order valence-corrected chi connectivity index (χ3v) is 5.21. The quantitative estimate of drug-likeness (QED) is 0.613. The van der Waals surface area contributed by atoms with Crippen LogP contribution < -0.4 is 10.9 Å². The Labute approximate surface area is 166 Å². The number of para-hydroxylation sites is 1. The number of hydrogen-bond donors (Lipinski definition) is 1. The molecule has 0 saturated carbocycles. The van der Waals surface area contributed by atoms with Gasteiger partial charge < -0.3 is 5.32 Å². The fraction of sp³-hybridized carbons (Fsp3) is 0.333. The van der Waals surface area contributed by atoms with E-state index in [0.29, 0.717) is 6.42 Å². The summed E-state index contributed by atoms with van der Waals surface area (Å²) in [5.41, 5.74) is 3.60. The van der Waals surface area contributed by atoms with Crippen LogP contribution >= 0.6 is 0 Å². The second-order valence-corrected chi connectivity index (χ2v) is 7.27. The van der Waals surface area contributed by atoms with Gasteiger partial charge in [-0.3, -0.25) is 14.2 Å². The van der Waals surface area contributed by atoms with Crippen molar-refractivity contribution >= 4 is 22.5 Å². The van der Waals surface area contributed by atoms with Crippen LogP contribution in [0.5, 0.6) is 0 Å². The number of anilines is 1. The maximum Gasteiger partial charge on any atom is 0.252 e. The van der Waals surface area contributed by atoms with Crippen LogP contribution in [0.15, 0.2) is 59.4 Å². The van der Waals surface area contributed by atoms with Crippen LogP contribution in [0.4, 0.5) is 5.69 Å². The molecule has 2 aromatic carbocycles. The van der Waals surface area contributed by atoms with E-state index in [1.807, 2.05) is 50.2 Å². The smallest absolute Gasteiger partial charge is 0.252 e. The summed E-state index contributed by atoms with van der Waals surface area (Å²) >= 11 is 0. The molecule has 1 unspecified atom stereocenters. The average molecular weight is 377 g/mol. The van der Waals surface area contributed by atoms with Crippen LogP contribution in [0.1, 0.15) is 50.3 Å². The number of fused-ring (bicyclic) bond motifs is 1. The van der Waals surface area contributed by atoms with E-state index < -0.39 is 6.04 Å². The molecule has 1 aromatic heterocycles. The predicted molar refractivity (Wildman–Crippen MR) is 116 cm³/mol. The summed E-state index contributed by atoms with van der Waals surface area (Å²) in [6.07, 6.45) is 3.91. The number of carbonyl (C=O) groups excluding carboxylic acids is 1. The lowest BCUT2D eigenvalue weighted by atomic mass is 10.1. The lowest BCUT2D eigenvalue weighted by Gasteiger charge is -2.21. The maximum atomic E-state index is 13.0. The highest BCUT2D eigenvalue weighted by Gasteiger charge is 2.22. The molecular formula is C24H28N2O2. The molecule has 0 radical (unpaired) electrons. The van der Waals surface area contributed by atoms with Gasteiger partial charge in [-0.05, 0) is 55.5 Å². The van der Waals surface area contributed by atoms with Gasteiger partial charge in [0, 0.05) is 17.1 Å². The summed E-state index contributed by atoms with van der Waals surface area (Å²) in [6, 6.07) is 16.8. The van der Waals surface area contributed by atoms with Crippen molar-refractivity contribution in [2.45, 2.75) is 52.5 Å². The third kappa shape index (κ3) is 4.16. The normalized spacial score (nSPS) is 12.1. The number of aromatic nitrogens is 1. The zero-order valence-electron chi connectivity index (χ0n) is 16.9. The molecule has 0 bridgehead atoms. The molecule has 1 atom stereocenters. The molecule has 0 saturated heterocycles. The number of nitrogens with one attached hydrogen (secondary N) is 1. The minimum absolute atomic E-state index is 0.145. The van der Waals surface area contributed by atoms with Gasteiger partial charge in [-0.25, -0.2) is 0 Å². The molecule has 0 aliphatic rings. The Morgan fingerprint density at radius 1 is 1.07 bits per heavy atom. The Morgan fingerprint density at radius 3 is 2.46 bits per heavy atom. The standard InChI is InChI=1S/C24H28N2O2/c1-4-6-9-18-12-14-19(15-13-18)25-24(28)21(5-2)26-22-11-8-7-10-20(22)17(3)16-23(26)27/h7-8,10-16,21H,4-6,9H2,1-3H3,(H,25,28). The van der Waals surface area contributed by atoms with Gasteiger partial charge in [-0.2, -0.15) is 0 Å². The van der Waals surface area contributed by atoms with E-state index in [4.69, 9.17) is 0 Å². The van der Waals surface area contributed by atoms with Crippen molar-refractivity contribution in [3.63, 3.8) is 0 Å². The van der Waals surface area contributed by atoms with Gasteiger partial charge in [-0.1, -0.05) is 50.6 Å². The molecule has 28 heavy (non-hydrogen) atoms. The summed E-state index contributed by atoms with van der Waals surface area (Å²) in [6.45, 7) is 6.03. The lowest BCUT2D eigenvalue weighted by Crippen LogP contribution is -2.33. The van der Waals surface area contributed by atoms with Gasteiger partial charge in [0.1, 0.15) is 6.04 Å². The first-order valence-electron chi connectivity index (χ1n) is 10.1. The highest BCUT2D eigenvalue weighted by Crippen LogP contribution is 2.22. The Bertz CT molecular complexity index is 1020. The van der Waals surface area contributed by atoms with E-state index in [9.17, 15) is 9.59 Å². The van der Waals surface area contributed by atoms with E-state index in [0.717, 1.165) is 41.4 Å². The summed E-state index contributed by atoms with van der Waals surface area (Å²) in [7, 11) is 0. The summed E-state index contributed by atoms with van der Waals surface area (Å²) < 4.78 is 1.62. The summed E-state index contributed by atoms with van der Waals surface area (Å²) in [5.74, 6) is -0.167. The van der Waals surface area contributed by atoms with Crippen molar-refractivity contribution in [2.75, 3.05) is 5.32 Å². The first kappa shape index (κ1) is 19.9. The fourth-order valence-corrected chi connectivity index (χ4v) is 3.64. The Morgan fingerprint density at radius 2 is 1.79 bits per heavy atom. The van der Waals surface area contributed by atoms with Crippen LogP contribution in [0, 0.1) is 6.92 Å². The SMILES string of the molecule is CCCCc1ccc(NC(=O)C(CC)n2c(=O)cc(C)c3ccccc32)cc1. The van der Waals surface area contributed by atoms with Gasteiger partial charge in [0.25, 0.3) is 5.56 Å². The first-order chi connectivity index (χ1) is 13.5. The highest BCUT2D eigenvalue weighted by atomic mass is 16.2. The van der Waals surface area contributed by atoms with Gasteiger partial charge in [0.05, 0.1) is 5.52 Å². The largest absolute Gasteiger partial charge is 0.324 e. The summed E-state index contributed by atoms with van der Waals surface area (Å²) in [4.78, 5) is 25.8. The number of unbranched alkanes of at least 4 members (excludes halogenated alkanes) is 1. The molecule has 0 aliphatic heterocycles. The van der Waals surface area contributed by atoms with Gasteiger partial charge in [0.15, 0.2) is 0 Å². The second-order valence-electron chi connectivity index (χ2n) is 7.27. The molecule has 1 heterocycles. The van der Waals surface area contributed by atoms with Gasteiger partial charge >= 0.3 is 0 Å². The van der Waals surface area contributed by atoms with Gasteiger partial charge in [0.2, 0.25) is 5.91 Å². The van der Waals surface area contributed by atoms with Crippen molar-refractivity contribution in [1.82, 2.24) is 4.57 Å². The number of amides is 1. The van der Waals surface area contributed by atoms with E-state index in [2.05, 4.69) is 24.4 Å². The number of benzene rings is 2. The van der Waals surface area contributed by atoms with Crippen LogP contribution in [0.2, 0.25) is 0 Å². The molecule has 3 aromatic rings. The molecule has 0 spiro atoms. The van der Waals surface area contributed by atoms with Crippen LogP contribution in [-0.2, 0) is 11.2 Å². The van der Waals surface area contributed by atoms with E-state index in [1.165, 1.54) is 5.56 Å². The maximum absolute atomic E-state index is 13.0. The third-order valence-electron chi connectivity index (χ3n) is 5.21. The minimum Gasteiger partial charge on any atom is -0.324 e. The minimum atomic E-state index is -0.558. The van der Waals surface area contributed by atoms with Crippen molar-refractivity contribution in [3.05, 3.63) is 76.1 Å². The number of carbonyl (C=O) groups is 1. The van der Waals surface area contributed by atoms with Crippen LogP contribution in [-0.4, -0.2) is 10.5 Å². The number of rotatable bonds is 7. The lowest BCUT2D eigenvalue weighted by molar-refractivity contribution is -0.119. The topological polar surface area (TPSA) is 51.1 Å². The zero-order valence-corrected chi connectivity index (χ0v) is 16.9. The number of aryl methyl sites for hydroxylation is 2. The number of nitrogens with zero attached hydrogens (tertiary/aromatic N) is 1. The highest BCUT2D eigenvalue weighted by molar-refractivity contribution is 5.95. The Kier molecular flexibility index (Phi) is 6.30. The Balaban J connectivity index is 1.89. The van der Waals surface area contributed by atoms with Crippen molar-refractivity contribution in [1.29, 1.82) is 0 Å². The fourth-order valence-electron chi connectivity index (χ4n) is 3.64. The second kappa shape index (κ2) is 8.87. The van der Waals surface area contributed by atoms with Gasteiger partial charge in [-0.15, -0.1) is 0 Å². The number of hydrogen-bond acceptors (Lipinski definition) is 2. The van der Waals surface area contributed by atoms with Crippen LogP contribution in [0.25, 0.3) is 10.9 Å². The molecule has 3 rings (SSSR count). The molecule has 0 fully saturated rings. The molecule has 4 heteroatoms. The molecule has 1 amide bonds. The molecule has 146 valence electrons. The first-order valence-corrected chi connectivity index (χ1v) is 10.1.